The van der Waals surface area contributed by atoms with Gasteiger partial charge in [-0.15, -0.1) is 0 Å². The highest BCUT2D eigenvalue weighted by atomic mass is 16.5. The van der Waals surface area contributed by atoms with Gasteiger partial charge in [-0.05, 0) is 38.2 Å². The normalized spacial score (nSPS) is 19.6. The summed E-state index contributed by atoms with van der Waals surface area (Å²) in [4.78, 5) is 0. The summed E-state index contributed by atoms with van der Waals surface area (Å²) in [6, 6.07) is 2.13. The first-order valence-electron chi connectivity index (χ1n) is 8.46. The van der Waals surface area contributed by atoms with Crippen LogP contribution in [0, 0.1) is 5.92 Å². The number of aryl methyl sites for hydroxylation is 2. The number of ether oxygens (including phenoxy) is 1. The summed E-state index contributed by atoms with van der Waals surface area (Å²) in [6.45, 7) is 5.06. The molecule has 2 unspecified atom stereocenters. The van der Waals surface area contributed by atoms with Gasteiger partial charge >= 0.3 is 0 Å². The second-order valence-electron chi connectivity index (χ2n) is 6.17. The predicted molar refractivity (Wildman–Crippen MR) is 84.4 cm³/mol. The Morgan fingerprint density at radius 3 is 2.62 bits per heavy atom. The van der Waals surface area contributed by atoms with Gasteiger partial charge in [0.1, 0.15) is 0 Å². The fourth-order valence-electron chi connectivity index (χ4n) is 3.58. The summed E-state index contributed by atoms with van der Waals surface area (Å²) in [5, 5.41) is 15.2. The molecular weight excluding hydrogens is 264 g/mol. The maximum absolute atomic E-state index is 10.7. The van der Waals surface area contributed by atoms with Crippen LogP contribution < -0.4 is 0 Å². The number of rotatable bonds is 7. The minimum absolute atomic E-state index is 0.0458. The summed E-state index contributed by atoms with van der Waals surface area (Å²) in [5.74, 6) is 0.502. The van der Waals surface area contributed by atoms with Crippen LogP contribution in [0.4, 0.5) is 0 Å². The number of hydrogen-bond acceptors (Lipinski definition) is 3. The summed E-state index contributed by atoms with van der Waals surface area (Å²) >= 11 is 0. The van der Waals surface area contributed by atoms with Crippen LogP contribution in [0.25, 0.3) is 0 Å². The smallest absolute Gasteiger partial charge is 0.0862 e. The average molecular weight is 294 g/mol. The van der Waals surface area contributed by atoms with Crippen molar-refractivity contribution in [1.82, 2.24) is 9.78 Å². The standard InChI is InChI=1S/C17H30N2O2/c1-4-14-11-15(19(5-2)18-14)12-16(20)17(21-3)13-9-7-6-8-10-13/h11,13,16-17,20H,4-10,12H2,1-3H3. The van der Waals surface area contributed by atoms with Gasteiger partial charge in [-0.1, -0.05) is 26.2 Å². The fraction of sp³-hybridized carbons (Fsp3) is 0.824. The average Bonchev–Trinajstić information content (AvgIpc) is 2.91. The Morgan fingerprint density at radius 1 is 1.33 bits per heavy atom. The van der Waals surface area contributed by atoms with E-state index < -0.39 is 6.10 Å². The largest absolute Gasteiger partial charge is 0.390 e. The maximum atomic E-state index is 10.7. The van der Waals surface area contributed by atoms with Crippen molar-refractivity contribution in [3.05, 3.63) is 17.5 Å². The van der Waals surface area contributed by atoms with E-state index in [4.69, 9.17) is 4.74 Å². The van der Waals surface area contributed by atoms with Gasteiger partial charge in [-0.3, -0.25) is 4.68 Å². The first-order chi connectivity index (χ1) is 10.2. The fourth-order valence-corrected chi connectivity index (χ4v) is 3.58. The van der Waals surface area contributed by atoms with Gasteiger partial charge in [-0.25, -0.2) is 0 Å². The van der Waals surface area contributed by atoms with Crippen LogP contribution in [-0.4, -0.2) is 34.2 Å². The Bertz CT molecular complexity index is 424. The van der Waals surface area contributed by atoms with E-state index in [2.05, 4.69) is 25.0 Å². The van der Waals surface area contributed by atoms with Gasteiger partial charge in [0.05, 0.1) is 17.9 Å². The zero-order valence-electron chi connectivity index (χ0n) is 13.7. The number of methoxy groups -OCH3 is 1. The molecule has 1 heterocycles. The molecular formula is C17H30N2O2. The van der Waals surface area contributed by atoms with Crippen LogP contribution in [0.15, 0.2) is 6.07 Å². The Kier molecular flexibility index (Phi) is 6.24. The third-order valence-corrected chi connectivity index (χ3v) is 4.76. The molecule has 0 aromatic carbocycles. The highest BCUT2D eigenvalue weighted by Crippen LogP contribution is 2.30. The van der Waals surface area contributed by atoms with Gasteiger partial charge in [0.15, 0.2) is 0 Å². The molecule has 1 fully saturated rings. The van der Waals surface area contributed by atoms with Crippen molar-refractivity contribution in [2.45, 2.75) is 77.5 Å². The number of aliphatic hydroxyl groups is 1. The summed E-state index contributed by atoms with van der Waals surface area (Å²) in [7, 11) is 1.73. The first-order valence-corrected chi connectivity index (χ1v) is 8.46. The molecule has 1 aromatic heterocycles. The third-order valence-electron chi connectivity index (χ3n) is 4.76. The molecule has 120 valence electrons. The molecule has 0 bridgehead atoms. The van der Waals surface area contributed by atoms with E-state index in [-0.39, 0.29) is 6.10 Å². The molecule has 1 saturated carbocycles. The number of aliphatic hydroxyl groups excluding tert-OH is 1. The van der Waals surface area contributed by atoms with Crippen LogP contribution in [0.5, 0.6) is 0 Å². The quantitative estimate of drug-likeness (QED) is 0.841. The zero-order valence-corrected chi connectivity index (χ0v) is 13.7. The van der Waals surface area contributed by atoms with E-state index in [0.29, 0.717) is 12.3 Å². The monoisotopic (exact) mass is 294 g/mol. The SMILES string of the molecule is CCc1cc(CC(O)C(OC)C2CCCCC2)n(CC)n1. The summed E-state index contributed by atoms with van der Waals surface area (Å²) < 4.78 is 7.66. The predicted octanol–water partition coefficient (Wildman–Crippen LogP) is 2.96. The lowest BCUT2D eigenvalue weighted by atomic mass is 9.82. The molecule has 1 aliphatic rings. The maximum Gasteiger partial charge on any atom is 0.0862 e. The van der Waals surface area contributed by atoms with Crippen molar-refractivity contribution in [2.24, 2.45) is 5.92 Å². The van der Waals surface area contributed by atoms with Crippen molar-refractivity contribution in [3.8, 4) is 0 Å². The lowest BCUT2D eigenvalue weighted by Crippen LogP contribution is -2.38. The van der Waals surface area contributed by atoms with Crippen molar-refractivity contribution < 1.29 is 9.84 Å². The van der Waals surface area contributed by atoms with Gasteiger partial charge < -0.3 is 9.84 Å². The lowest BCUT2D eigenvalue weighted by Gasteiger charge is -2.32. The van der Waals surface area contributed by atoms with E-state index in [1.807, 2.05) is 4.68 Å². The number of hydrogen-bond donors (Lipinski definition) is 1. The molecule has 1 N–H and O–H groups in total. The Hall–Kier alpha value is -0.870. The third kappa shape index (κ3) is 4.07. The minimum Gasteiger partial charge on any atom is -0.390 e. The van der Waals surface area contributed by atoms with Crippen LogP contribution >= 0.6 is 0 Å². The molecule has 1 aromatic rings. The number of nitrogens with zero attached hydrogens (tertiary/aromatic N) is 2. The molecule has 4 heteroatoms. The molecule has 4 nitrogen and oxygen atoms in total. The molecule has 2 rings (SSSR count). The molecule has 1 aliphatic carbocycles. The summed E-state index contributed by atoms with van der Waals surface area (Å²) in [6.07, 6.45) is 7.31. The van der Waals surface area contributed by atoms with Crippen LogP contribution in [0.2, 0.25) is 0 Å². The Morgan fingerprint density at radius 2 is 2.05 bits per heavy atom. The lowest BCUT2D eigenvalue weighted by molar-refractivity contribution is -0.0542. The molecule has 0 aliphatic heterocycles. The zero-order chi connectivity index (χ0) is 15.2. The van der Waals surface area contributed by atoms with Gasteiger partial charge in [0.2, 0.25) is 0 Å². The van der Waals surface area contributed by atoms with Gasteiger partial charge in [-0.2, -0.15) is 5.10 Å². The first kappa shape index (κ1) is 16.5. The van der Waals surface area contributed by atoms with Crippen molar-refractivity contribution in [3.63, 3.8) is 0 Å². The van der Waals surface area contributed by atoms with Gasteiger partial charge in [0.25, 0.3) is 0 Å². The molecule has 0 radical (unpaired) electrons. The van der Waals surface area contributed by atoms with E-state index >= 15 is 0 Å². The van der Waals surface area contributed by atoms with E-state index in [9.17, 15) is 5.11 Å². The van der Waals surface area contributed by atoms with E-state index in [0.717, 1.165) is 24.4 Å². The van der Waals surface area contributed by atoms with Crippen LogP contribution in [-0.2, 0) is 24.1 Å². The molecule has 0 spiro atoms. The van der Waals surface area contributed by atoms with Crippen LogP contribution in [0.1, 0.15) is 57.3 Å². The topological polar surface area (TPSA) is 47.3 Å². The minimum atomic E-state index is -0.440. The Balaban J connectivity index is 2.04. The van der Waals surface area contributed by atoms with Crippen molar-refractivity contribution in [2.75, 3.05) is 7.11 Å². The van der Waals surface area contributed by atoms with E-state index in [1.54, 1.807) is 7.11 Å². The Labute approximate surface area is 128 Å². The highest BCUT2D eigenvalue weighted by molar-refractivity contribution is 5.12. The van der Waals surface area contributed by atoms with Crippen molar-refractivity contribution in [1.29, 1.82) is 0 Å². The second-order valence-corrected chi connectivity index (χ2v) is 6.17. The molecule has 21 heavy (non-hydrogen) atoms. The van der Waals surface area contributed by atoms with Gasteiger partial charge in [0, 0.05) is 25.8 Å². The molecule has 0 saturated heterocycles. The number of aromatic nitrogens is 2. The highest BCUT2D eigenvalue weighted by Gasteiger charge is 2.30. The molecule has 0 amide bonds. The van der Waals surface area contributed by atoms with Crippen LogP contribution in [0.3, 0.4) is 0 Å². The molecule has 2 atom stereocenters. The summed E-state index contributed by atoms with van der Waals surface area (Å²) in [5.41, 5.74) is 2.23. The van der Waals surface area contributed by atoms with Crippen molar-refractivity contribution >= 4 is 0 Å². The van der Waals surface area contributed by atoms with E-state index in [1.165, 1.54) is 32.1 Å². The second kappa shape index (κ2) is 7.95.